The number of nitrogens with zero attached hydrogens (tertiary/aromatic N) is 2. The van der Waals surface area contributed by atoms with Gasteiger partial charge in [0.1, 0.15) is 5.75 Å². The van der Waals surface area contributed by atoms with Gasteiger partial charge in [-0.25, -0.2) is 14.7 Å². The Morgan fingerprint density at radius 2 is 1.46 bits per heavy atom. The first-order valence-electron chi connectivity index (χ1n) is 12.5. The van der Waals surface area contributed by atoms with Gasteiger partial charge in [-0.05, 0) is 48.5 Å². The van der Waals surface area contributed by atoms with Crippen molar-refractivity contribution in [3.05, 3.63) is 124 Å². The summed E-state index contributed by atoms with van der Waals surface area (Å²) >= 11 is 6.43. The molecule has 2 amide bonds. The van der Waals surface area contributed by atoms with Crippen LogP contribution in [0.25, 0.3) is 22.2 Å². The van der Waals surface area contributed by atoms with Crippen LogP contribution < -0.4 is 4.90 Å². The number of ether oxygens (including phenoxy) is 1. The number of carbonyl (C=O) groups excluding carboxylic acids is 4. The highest BCUT2D eigenvalue weighted by atomic mass is 35.5. The molecule has 0 unspecified atom stereocenters. The van der Waals surface area contributed by atoms with E-state index in [-0.39, 0.29) is 16.9 Å². The zero-order valence-corrected chi connectivity index (χ0v) is 22.0. The number of aromatic hydroxyl groups is 1. The molecular formula is C32H19ClN2O6. The van der Waals surface area contributed by atoms with Gasteiger partial charge in [0.2, 0.25) is 5.78 Å². The minimum atomic E-state index is -0.771. The Morgan fingerprint density at radius 1 is 0.805 bits per heavy atom. The van der Waals surface area contributed by atoms with E-state index in [1.54, 1.807) is 78.9 Å². The van der Waals surface area contributed by atoms with E-state index in [0.717, 1.165) is 4.90 Å². The Balaban J connectivity index is 1.31. The zero-order chi connectivity index (χ0) is 28.7. The van der Waals surface area contributed by atoms with Crippen LogP contribution >= 0.6 is 11.6 Å². The van der Waals surface area contributed by atoms with Crippen LogP contribution in [0.1, 0.15) is 41.4 Å². The molecule has 1 N–H and O–H groups in total. The van der Waals surface area contributed by atoms with Gasteiger partial charge in [-0.15, -0.1) is 0 Å². The lowest BCUT2D eigenvalue weighted by molar-refractivity contribution is 0.0475. The number of phenolic OH excluding ortho intramolecular Hbond substituents is 1. The zero-order valence-electron chi connectivity index (χ0n) is 21.2. The second kappa shape index (κ2) is 10.3. The Bertz CT molecular complexity index is 1870. The SMILES string of the molecule is O=C(COC(=O)c1cc(-c2ccc(N3C(=O)c4ccccc4C3=O)cc2)nc2c(Cl)cccc12)c1ccccc1O. The van der Waals surface area contributed by atoms with Crippen LogP contribution in [-0.4, -0.2) is 40.3 Å². The third-order valence-electron chi connectivity index (χ3n) is 6.76. The van der Waals surface area contributed by atoms with Crippen LogP contribution in [-0.2, 0) is 4.74 Å². The number of amides is 2. The summed E-state index contributed by atoms with van der Waals surface area (Å²) in [6, 6.07) is 25.8. The third-order valence-corrected chi connectivity index (χ3v) is 7.07. The quantitative estimate of drug-likeness (QED) is 0.151. The third kappa shape index (κ3) is 4.60. The molecule has 0 atom stereocenters. The van der Waals surface area contributed by atoms with Gasteiger partial charge in [0.15, 0.2) is 6.61 Å². The van der Waals surface area contributed by atoms with E-state index in [1.807, 2.05) is 0 Å². The van der Waals surface area contributed by atoms with Crippen molar-refractivity contribution in [1.82, 2.24) is 4.98 Å². The van der Waals surface area contributed by atoms with Gasteiger partial charge >= 0.3 is 5.97 Å². The highest BCUT2D eigenvalue weighted by Gasteiger charge is 2.36. The molecule has 4 aromatic carbocycles. The van der Waals surface area contributed by atoms with Crippen LogP contribution in [0, 0.1) is 0 Å². The largest absolute Gasteiger partial charge is 0.507 e. The van der Waals surface area contributed by atoms with E-state index >= 15 is 0 Å². The highest BCUT2D eigenvalue weighted by molar-refractivity contribution is 6.35. The van der Waals surface area contributed by atoms with Gasteiger partial charge in [0.25, 0.3) is 11.8 Å². The molecule has 2 heterocycles. The normalized spacial score (nSPS) is 12.5. The number of hydrogen-bond acceptors (Lipinski definition) is 7. The maximum atomic E-state index is 13.2. The Kier molecular flexibility index (Phi) is 6.53. The van der Waals surface area contributed by atoms with Crippen molar-refractivity contribution in [2.24, 2.45) is 0 Å². The van der Waals surface area contributed by atoms with Crippen molar-refractivity contribution in [1.29, 1.82) is 0 Å². The van der Waals surface area contributed by atoms with Crippen molar-refractivity contribution >= 4 is 51.8 Å². The number of carbonyl (C=O) groups is 4. The molecule has 9 heteroatoms. The number of esters is 1. The average molecular weight is 563 g/mol. The van der Waals surface area contributed by atoms with Crippen LogP contribution in [0.15, 0.2) is 97.1 Å². The molecule has 1 aliphatic rings. The lowest BCUT2D eigenvalue weighted by Crippen LogP contribution is -2.29. The summed E-state index contributed by atoms with van der Waals surface area (Å²) in [6.45, 7) is -0.578. The fraction of sp³-hybridized carbons (Fsp3) is 0.0312. The number of aromatic nitrogens is 1. The number of pyridine rings is 1. The van der Waals surface area contributed by atoms with Crippen molar-refractivity contribution in [3.63, 3.8) is 0 Å². The second-order valence-electron chi connectivity index (χ2n) is 9.25. The van der Waals surface area contributed by atoms with Gasteiger partial charge < -0.3 is 9.84 Å². The summed E-state index contributed by atoms with van der Waals surface area (Å²) in [6.07, 6.45) is 0. The summed E-state index contributed by atoms with van der Waals surface area (Å²) in [5.74, 6) is -2.35. The number of ketones is 1. The number of rotatable bonds is 6. The van der Waals surface area contributed by atoms with E-state index < -0.39 is 30.2 Å². The first-order chi connectivity index (χ1) is 19.8. The van der Waals surface area contributed by atoms with E-state index in [9.17, 15) is 24.3 Å². The molecule has 0 saturated carbocycles. The lowest BCUT2D eigenvalue weighted by Gasteiger charge is -2.15. The number of Topliss-reactive ketones (excluding diaryl/α,β-unsaturated/α-hetero) is 1. The van der Waals surface area contributed by atoms with Crippen LogP contribution in [0.4, 0.5) is 5.69 Å². The van der Waals surface area contributed by atoms with E-state index in [2.05, 4.69) is 4.98 Å². The number of para-hydroxylation sites is 2. The van der Waals surface area contributed by atoms with Crippen LogP contribution in [0.2, 0.25) is 5.02 Å². The Morgan fingerprint density at radius 3 is 2.15 bits per heavy atom. The maximum absolute atomic E-state index is 13.2. The predicted octanol–water partition coefficient (Wildman–Crippen LogP) is 6.10. The molecule has 41 heavy (non-hydrogen) atoms. The van der Waals surface area contributed by atoms with Gasteiger partial charge in [0.05, 0.1) is 44.2 Å². The predicted molar refractivity (Wildman–Crippen MR) is 152 cm³/mol. The van der Waals surface area contributed by atoms with Crippen molar-refractivity contribution < 1.29 is 29.0 Å². The number of hydrogen-bond donors (Lipinski definition) is 1. The standard InChI is InChI=1S/C32H19ClN2O6/c33-25-10-5-9-20-24(32(40)41-17-28(37)23-8-3-4-11-27(23)36)16-26(34-29(20)25)18-12-14-19(15-13-18)35-30(38)21-6-1-2-7-22(21)31(35)39/h1-16,36H,17H2. The topological polar surface area (TPSA) is 114 Å². The van der Waals surface area contributed by atoms with Gasteiger partial charge in [-0.2, -0.15) is 0 Å². The highest BCUT2D eigenvalue weighted by Crippen LogP contribution is 2.33. The summed E-state index contributed by atoms with van der Waals surface area (Å²) < 4.78 is 5.33. The minimum absolute atomic E-state index is 0.0433. The molecule has 0 bridgehead atoms. The molecule has 1 aliphatic heterocycles. The maximum Gasteiger partial charge on any atom is 0.339 e. The van der Waals surface area contributed by atoms with Gasteiger partial charge in [-0.3, -0.25) is 14.4 Å². The van der Waals surface area contributed by atoms with Crippen molar-refractivity contribution in [2.75, 3.05) is 11.5 Å². The molecule has 0 saturated heterocycles. The number of anilines is 1. The Hall–Kier alpha value is -5.34. The number of imide groups is 1. The molecule has 8 nitrogen and oxygen atoms in total. The molecule has 0 radical (unpaired) electrons. The van der Waals surface area contributed by atoms with E-state index in [0.29, 0.717) is 44.0 Å². The lowest BCUT2D eigenvalue weighted by atomic mass is 10.0. The minimum Gasteiger partial charge on any atom is -0.507 e. The molecule has 0 spiro atoms. The second-order valence-corrected chi connectivity index (χ2v) is 9.65. The number of benzene rings is 4. The van der Waals surface area contributed by atoms with Crippen molar-refractivity contribution in [3.8, 4) is 17.0 Å². The van der Waals surface area contributed by atoms with E-state index in [1.165, 1.54) is 18.2 Å². The van der Waals surface area contributed by atoms with Crippen LogP contribution in [0.3, 0.4) is 0 Å². The smallest absolute Gasteiger partial charge is 0.339 e. The first-order valence-corrected chi connectivity index (χ1v) is 12.9. The average Bonchev–Trinajstić information content (AvgIpc) is 3.25. The molecule has 5 aromatic rings. The van der Waals surface area contributed by atoms with Crippen molar-refractivity contribution in [2.45, 2.75) is 0 Å². The molecule has 1 aromatic heterocycles. The van der Waals surface area contributed by atoms with E-state index in [4.69, 9.17) is 16.3 Å². The summed E-state index contributed by atoms with van der Waals surface area (Å²) in [4.78, 5) is 57.2. The molecule has 0 fully saturated rings. The van der Waals surface area contributed by atoms with Crippen LogP contribution in [0.5, 0.6) is 5.75 Å². The Labute approximate surface area is 238 Å². The first kappa shape index (κ1) is 25.9. The molecule has 200 valence electrons. The summed E-state index contributed by atoms with van der Waals surface area (Å²) in [7, 11) is 0. The summed E-state index contributed by atoms with van der Waals surface area (Å²) in [5, 5.41) is 10.7. The number of phenols is 1. The molecular weight excluding hydrogens is 544 g/mol. The summed E-state index contributed by atoms with van der Waals surface area (Å²) in [5.41, 5.74) is 2.60. The number of halogens is 1. The molecule has 6 rings (SSSR count). The molecule has 0 aliphatic carbocycles. The van der Waals surface area contributed by atoms with Gasteiger partial charge in [-0.1, -0.05) is 60.1 Å². The fourth-order valence-corrected chi connectivity index (χ4v) is 4.95. The number of fused-ring (bicyclic) bond motifs is 2. The fourth-order valence-electron chi connectivity index (χ4n) is 4.73. The monoisotopic (exact) mass is 562 g/mol. The van der Waals surface area contributed by atoms with Gasteiger partial charge in [0, 0.05) is 10.9 Å².